The summed E-state index contributed by atoms with van der Waals surface area (Å²) in [5, 5.41) is 0. The highest BCUT2D eigenvalue weighted by atomic mass is 16.5. The van der Waals surface area contributed by atoms with E-state index in [9.17, 15) is 0 Å². The third-order valence-electron chi connectivity index (χ3n) is 4.87. The molecular weight excluding hydrogens is 256 g/mol. The van der Waals surface area contributed by atoms with Crippen LogP contribution < -0.4 is 0 Å². The average Bonchev–Trinajstić information content (AvgIpc) is 2.95. The van der Waals surface area contributed by atoms with Crippen LogP contribution in [0, 0.1) is 0 Å². The third kappa shape index (κ3) is 1.50. The van der Waals surface area contributed by atoms with E-state index < -0.39 is 0 Å². The molecular formula is C20H16O. The van der Waals surface area contributed by atoms with Gasteiger partial charge in [-0.1, -0.05) is 54.6 Å². The summed E-state index contributed by atoms with van der Waals surface area (Å²) in [5.74, 6) is 0. The van der Waals surface area contributed by atoms with Gasteiger partial charge in [0.25, 0.3) is 0 Å². The van der Waals surface area contributed by atoms with E-state index in [1.54, 1.807) is 0 Å². The highest BCUT2D eigenvalue weighted by Gasteiger charge is 2.36. The molecule has 5 rings (SSSR count). The summed E-state index contributed by atoms with van der Waals surface area (Å²) in [6.45, 7) is 0.831. The second-order valence-electron chi connectivity index (χ2n) is 5.97. The number of hydrogen-bond acceptors (Lipinski definition) is 1. The maximum atomic E-state index is 6.11. The summed E-state index contributed by atoms with van der Waals surface area (Å²) < 4.78 is 6.11. The highest BCUT2D eigenvalue weighted by Crippen LogP contribution is 2.51. The van der Waals surface area contributed by atoms with Gasteiger partial charge in [-0.05, 0) is 51.8 Å². The minimum Gasteiger partial charge on any atom is -0.368 e. The Kier molecular flexibility index (Phi) is 2.30. The Hall–Kier alpha value is -2.12. The minimum atomic E-state index is 0.142. The normalized spacial score (nSPS) is 22.1. The molecule has 1 heteroatoms. The van der Waals surface area contributed by atoms with E-state index in [4.69, 9.17) is 4.74 Å². The van der Waals surface area contributed by atoms with Crippen molar-refractivity contribution in [2.24, 2.45) is 0 Å². The van der Waals surface area contributed by atoms with Gasteiger partial charge in [-0.2, -0.15) is 0 Å². The molecule has 0 spiro atoms. The molecule has 1 unspecified atom stereocenters. The van der Waals surface area contributed by atoms with Crippen molar-refractivity contribution in [1.29, 1.82) is 0 Å². The zero-order chi connectivity index (χ0) is 13.8. The van der Waals surface area contributed by atoms with Crippen LogP contribution in [0.5, 0.6) is 0 Å². The summed E-state index contributed by atoms with van der Waals surface area (Å²) >= 11 is 0. The number of ether oxygens (including phenoxy) is 1. The van der Waals surface area contributed by atoms with Crippen LogP contribution in [0.4, 0.5) is 0 Å². The molecule has 2 aliphatic carbocycles. The van der Waals surface area contributed by atoms with E-state index in [1.165, 1.54) is 39.0 Å². The summed E-state index contributed by atoms with van der Waals surface area (Å²) in [6, 6.07) is 17.6. The lowest BCUT2D eigenvalue weighted by atomic mass is 9.79. The molecule has 0 saturated carbocycles. The smallest absolute Gasteiger partial charge is 0.108 e. The predicted molar refractivity (Wildman–Crippen MR) is 84.0 cm³/mol. The molecule has 0 N–H and O–H groups in total. The lowest BCUT2D eigenvalue weighted by Gasteiger charge is -2.33. The molecule has 102 valence electrons. The van der Waals surface area contributed by atoms with Gasteiger partial charge in [0, 0.05) is 0 Å². The Labute approximate surface area is 124 Å². The first-order valence-corrected chi connectivity index (χ1v) is 7.66. The van der Waals surface area contributed by atoms with Crippen LogP contribution in [0.1, 0.15) is 34.8 Å². The first-order chi connectivity index (χ1) is 10.4. The molecule has 2 aromatic carbocycles. The van der Waals surface area contributed by atoms with Crippen LogP contribution in [0.15, 0.2) is 65.8 Å². The topological polar surface area (TPSA) is 9.23 Å². The maximum Gasteiger partial charge on any atom is 0.108 e. The Morgan fingerprint density at radius 1 is 0.905 bits per heavy atom. The second kappa shape index (κ2) is 4.19. The van der Waals surface area contributed by atoms with Gasteiger partial charge in [0.15, 0.2) is 0 Å². The first-order valence-electron chi connectivity index (χ1n) is 7.66. The Balaban J connectivity index is 1.84. The van der Waals surface area contributed by atoms with E-state index in [0.29, 0.717) is 0 Å². The zero-order valence-corrected chi connectivity index (χ0v) is 11.8. The quantitative estimate of drug-likeness (QED) is 0.688. The first kappa shape index (κ1) is 11.5. The van der Waals surface area contributed by atoms with E-state index in [2.05, 4.69) is 54.6 Å². The fraction of sp³-hybridized carbons (Fsp3) is 0.200. The van der Waals surface area contributed by atoms with E-state index >= 15 is 0 Å². The Bertz CT molecular complexity index is 810. The number of fused-ring (bicyclic) bond motifs is 7. The zero-order valence-electron chi connectivity index (χ0n) is 11.8. The lowest BCUT2D eigenvalue weighted by molar-refractivity contribution is 0.0713. The van der Waals surface area contributed by atoms with Crippen molar-refractivity contribution in [3.63, 3.8) is 0 Å². The maximum absolute atomic E-state index is 6.11. The molecule has 21 heavy (non-hydrogen) atoms. The summed E-state index contributed by atoms with van der Waals surface area (Å²) in [6.07, 6.45) is 4.61. The van der Waals surface area contributed by atoms with Gasteiger partial charge in [0.1, 0.15) is 6.10 Å². The van der Waals surface area contributed by atoms with Crippen molar-refractivity contribution in [2.45, 2.75) is 18.9 Å². The van der Waals surface area contributed by atoms with Gasteiger partial charge in [0.2, 0.25) is 0 Å². The van der Waals surface area contributed by atoms with Gasteiger partial charge in [-0.25, -0.2) is 0 Å². The Morgan fingerprint density at radius 2 is 1.71 bits per heavy atom. The molecule has 0 saturated heterocycles. The highest BCUT2D eigenvalue weighted by molar-refractivity contribution is 5.93. The van der Waals surface area contributed by atoms with Gasteiger partial charge in [-0.15, -0.1) is 0 Å². The van der Waals surface area contributed by atoms with Crippen LogP contribution in [0.25, 0.3) is 5.57 Å². The van der Waals surface area contributed by atoms with Crippen molar-refractivity contribution in [2.75, 3.05) is 6.61 Å². The van der Waals surface area contributed by atoms with Crippen molar-refractivity contribution in [3.8, 4) is 0 Å². The fourth-order valence-corrected chi connectivity index (χ4v) is 4.00. The molecule has 2 aromatic rings. The minimum absolute atomic E-state index is 0.142. The van der Waals surface area contributed by atoms with Crippen molar-refractivity contribution in [1.82, 2.24) is 0 Å². The molecule has 1 aliphatic heterocycles. The standard InChI is InChI=1S/C20H16O/c1-2-7-14-13(6-1)12-18-17-10-5-11-21-20(17)16-9-4-3-8-15(16)19(14)18/h1-4,6-10,20H,5,11-12H2. The third-order valence-corrected chi connectivity index (χ3v) is 4.87. The lowest BCUT2D eigenvalue weighted by Crippen LogP contribution is -2.19. The summed E-state index contributed by atoms with van der Waals surface area (Å²) in [5.41, 5.74) is 9.88. The number of rotatable bonds is 0. The van der Waals surface area contributed by atoms with Crippen LogP contribution in [-0.2, 0) is 11.2 Å². The van der Waals surface area contributed by atoms with Gasteiger partial charge in [0.05, 0.1) is 6.61 Å². The van der Waals surface area contributed by atoms with Crippen LogP contribution >= 0.6 is 0 Å². The Morgan fingerprint density at radius 3 is 2.67 bits per heavy atom. The van der Waals surface area contributed by atoms with Crippen LogP contribution in [0.3, 0.4) is 0 Å². The largest absolute Gasteiger partial charge is 0.368 e. The monoisotopic (exact) mass is 272 g/mol. The van der Waals surface area contributed by atoms with Crippen molar-refractivity contribution in [3.05, 3.63) is 88.0 Å². The molecule has 0 aromatic heterocycles. The van der Waals surface area contributed by atoms with E-state index in [1.807, 2.05) is 0 Å². The molecule has 0 radical (unpaired) electrons. The van der Waals surface area contributed by atoms with Crippen LogP contribution in [0.2, 0.25) is 0 Å². The molecule has 0 amide bonds. The van der Waals surface area contributed by atoms with Gasteiger partial charge >= 0.3 is 0 Å². The van der Waals surface area contributed by atoms with Gasteiger partial charge in [-0.3, -0.25) is 0 Å². The van der Waals surface area contributed by atoms with Crippen molar-refractivity contribution >= 4 is 5.57 Å². The molecule has 1 heterocycles. The molecule has 0 fully saturated rings. The predicted octanol–water partition coefficient (Wildman–Crippen LogP) is 4.45. The molecule has 0 bridgehead atoms. The fourth-order valence-electron chi connectivity index (χ4n) is 4.00. The molecule has 3 aliphatic rings. The van der Waals surface area contributed by atoms with Gasteiger partial charge < -0.3 is 4.74 Å². The van der Waals surface area contributed by atoms with E-state index in [0.717, 1.165) is 19.4 Å². The summed E-state index contributed by atoms with van der Waals surface area (Å²) in [4.78, 5) is 0. The number of benzene rings is 2. The second-order valence-corrected chi connectivity index (χ2v) is 5.97. The summed E-state index contributed by atoms with van der Waals surface area (Å²) in [7, 11) is 0. The molecule has 1 nitrogen and oxygen atoms in total. The average molecular weight is 272 g/mol. The van der Waals surface area contributed by atoms with E-state index in [-0.39, 0.29) is 6.10 Å². The van der Waals surface area contributed by atoms with Crippen LogP contribution in [-0.4, -0.2) is 6.61 Å². The molecule has 1 atom stereocenters. The SMILES string of the molecule is C1=C2C3=C(c4ccccc4C3)c3ccccc3C2OCC1. The number of hydrogen-bond donors (Lipinski definition) is 0. The van der Waals surface area contributed by atoms with Crippen molar-refractivity contribution < 1.29 is 4.74 Å².